The minimum Gasteiger partial charge on any atom is -0.507 e. The Morgan fingerprint density at radius 1 is 1.14 bits per heavy atom. The molecule has 7 heteroatoms. The van der Waals surface area contributed by atoms with Crippen molar-refractivity contribution in [3.05, 3.63) is 65.3 Å². The Kier molecular flexibility index (Phi) is 5.36. The summed E-state index contributed by atoms with van der Waals surface area (Å²) in [6.07, 6.45) is 2.87. The number of carbonyl (C=O) groups excluding carboxylic acids is 2. The SMILES string of the molecule is O=C(Nc1ccc(Cl)cn1)C1CCCN(C(=O)c2cc3ccccc3cc2O)C1. The minimum absolute atomic E-state index is 0.0503. The Morgan fingerprint density at radius 3 is 2.62 bits per heavy atom. The average Bonchev–Trinajstić information content (AvgIpc) is 2.74. The van der Waals surface area contributed by atoms with E-state index < -0.39 is 0 Å². The van der Waals surface area contributed by atoms with E-state index in [1.807, 2.05) is 24.3 Å². The molecule has 1 saturated heterocycles. The third-order valence-corrected chi connectivity index (χ3v) is 5.38. The number of phenols is 1. The highest BCUT2D eigenvalue weighted by atomic mass is 35.5. The van der Waals surface area contributed by atoms with E-state index in [9.17, 15) is 14.7 Å². The largest absolute Gasteiger partial charge is 0.507 e. The molecular formula is C22H20ClN3O3. The van der Waals surface area contributed by atoms with Gasteiger partial charge in [-0.05, 0) is 47.9 Å². The molecule has 1 aromatic heterocycles. The van der Waals surface area contributed by atoms with Crippen molar-refractivity contribution in [2.75, 3.05) is 18.4 Å². The number of amides is 2. The van der Waals surface area contributed by atoms with Crippen molar-refractivity contribution < 1.29 is 14.7 Å². The van der Waals surface area contributed by atoms with Crippen LogP contribution in [0, 0.1) is 5.92 Å². The summed E-state index contributed by atoms with van der Waals surface area (Å²) >= 11 is 5.82. The summed E-state index contributed by atoms with van der Waals surface area (Å²) in [5.74, 6) is -0.413. The number of aromatic nitrogens is 1. The van der Waals surface area contributed by atoms with Crippen LogP contribution in [0.4, 0.5) is 5.82 Å². The van der Waals surface area contributed by atoms with E-state index in [4.69, 9.17) is 11.6 Å². The Morgan fingerprint density at radius 2 is 1.90 bits per heavy atom. The molecule has 1 atom stereocenters. The third-order valence-electron chi connectivity index (χ3n) is 5.15. The fraction of sp³-hybridized carbons (Fsp3) is 0.227. The molecule has 3 aromatic rings. The summed E-state index contributed by atoms with van der Waals surface area (Å²) in [7, 11) is 0. The second-order valence-corrected chi connectivity index (χ2v) is 7.59. The lowest BCUT2D eigenvalue weighted by molar-refractivity contribution is -0.121. The lowest BCUT2D eigenvalue weighted by atomic mass is 9.96. The first-order valence-corrected chi connectivity index (χ1v) is 9.82. The quantitative estimate of drug-likeness (QED) is 0.682. The molecule has 0 radical (unpaired) electrons. The molecule has 2 aromatic carbocycles. The van der Waals surface area contributed by atoms with E-state index in [1.165, 1.54) is 6.20 Å². The fourth-order valence-corrected chi connectivity index (χ4v) is 3.74. The molecule has 29 heavy (non-hydrogen) atoms. The standard InChI is InChI=1S/C22H20ClN3O3/c23-17-7-8-20(24-12-17)25-21(28)16-6-3-9-26(13-16)22(29)18-10-14-4-1-2-5-15(14)11-19(18)27/h1-2,4-5,7-8,10-12,16,27H,3,6,9,13H2,(H,24,25,28). The number of carbonyl (C=O) groups is 2. The van der Waals surface area contributed by atoms with Gasteiger partial charge in [-0.25, -0.2) is 4.98 Å². The zero-order valence-corrected chi connectivity index (χ0v) is 16.4. The molecule has 1 aliphatic heterocycles. The van der Waals surface area contributed by atoms with Crippen molar-refractivity contribution in [3.8, 4) is 5.75 Å². The van der Waals surface area contributed by atoms with Crippen LogP contribution < -0.4 is 5.32 Å². The number of nitrogens with one attached hydrogen (secondary N) is 1. The maximum Gasteiger partial charge on any atom is 0.257 e. The molecule has 148 valence electrons. The van der Waals surface area contributed by atoms with Crippen LogP contribution >= 0.6 is 11.6 Å². The van der Waals surface area contributed by atoms with E-state index >= 15 is 0 Å². The number of aromatic hydroxyl groups is 1. The van der Waals surface area contributed by atoms with Crippen LogP contribution in [0.25, 0.3) is 10.8 Å². The Bertz CT molecular complexity index is 1070. The van der Waals surface area contributed by atoms with Gasteiger partial charge in [-0.15, -0.1) is 0 Å². The van der Waals surface area contributed by atoms with Gasteiger partial charge in [0.2, 0.25) is 5.91 Å². The first kappa shape index (κ1) is 19.2. The zero-order chi connectivity index (χ0) is 20.4. The predicted molar refractivity (Wildman–Crippen MR) is 112 cm³/mol. The Labute approximate surface area is 173 Å². The Balaban J connectivity index is 1.49. The molecule has 6 nitrogen and oxygen atoms in total. The van der Waals surface area contributed by atoms with E-state index in [2.05, 4.69) is 10.3 Å². The second kappa shape index (κ2) is 8.09. The minimum atomic E-state index is -0.340. The number of rotatable bonds is 3. The van der Waals surface area contributed by atoms with Crippen molar-refractivity contribution in [1.29, 1.82) is 0 Å². The maximum atomic E-state index is 13.0. The van der Waals surface area contributed by atoms with Crippen LogP contribution in [-0.2, 0) is 4.79 Å². The summed E-state index contributed by atoms with van der Waals surface area (Å²) in [6, 6.07) is 14.2. The zero-order valence-electron chi connectivity index (χ0n) is 15.6. The number of phenolic OH excluding ortho intramolecular Hbond substituents is 1. The predicted octanol–water partition coefficient (Wildman–Crippen LogP) is 4.08. The topological polar surface area (TPSA) is 82.5 Å². The summed E-state index contributed by atoms with van der Waals surface area (Å²) < 4.78 is 0. The van der Waals surface area contributed by atoms with Crippen molar-refractivity contribution >= 4 is 40.0 Å². The Hall–Kier alpha value is -3.12. The van der Waals surface area contributed by atoms with Gasteiger partial charge in [-0.2, -0.15) is 0 Å². The number of likely N-dealkylation sites (tertiary alicyclic amines) is 1. The first-order chi connectivity index (χ1) is 14.0. The maximum absolute atomic E-state index is 13.0. The van der Waals surface area contributed by atoms with Gasteiger partial charge in [-0.1, -0.05) is 35.9 Å². The van der Waals surface area contributed by atoms with Crippen molar-refractivity contribution in [2.45, 2.75) is 12.8 Å². The number of pyridine rings is 1. The van der Waals surface area contributed by atoms with Crippen LogP contribution in [-0.4, -0.2) is 39.9 Å². The summed E-state index contributed by atoms with van der Waals surface area (Å²) in [6.45, 7) is 0.846. The van der Waals surface area contributed by atoms with Crippen LogP contribution in [0.1, 0.15) is 23.2 Å². The van der Waals surface area contributed by atoms with Gasteiger partial charge >= 0.3 is 0 Å². The molecule has 1 aliphatic rings. The highest BCUT2D eigenvalue weighted by Crippen LogP contribution is 2.28. The lowest BCUT2D eigenvalue weighted by Gasteiger charge is -2.32. The van der Waals surface area contributed by atoms with E-state index in [0.29, 0.717) is 36.8 Å². The highest BCUT2D eigenvalue weighted by molar-refractivity contribution is 6.30. The number of anilines is 1. The molecular weight excluding hydrogens is 390 g/mol. The van der Waals surface area contributed by atoms with Gasteiger partial charge in [0.15, 0.2) is 0 Å². The van der Waals surface area contributed by atoms with Gasteiger partial charge in [0.25, 0.3) is 5.91 Å². The van der Waals surface area contributed by atoms with Gasteiger partial charge in [0, 0.05) is 19.3 Å². The first-order valence-electron chi connectivity index (χ1n) is 9.45. The highest BCUT2D eigenvalue weighted by Gasteiger charge is 2.30. The van der Waals surface area contributed by atoms with E-state index in [0.717, 1.165) is 10.8 Å². The number of hydrogen-bond donors (Lipinski definition) is 2. The molecule has 0 aliphatic carbocycles. The smallest absolute Gasteiger partial charge is 0.257 e. The molecule has 4 rings (SSSR count). The van der Waals surface area contributed by atoms with Crippen molar-refractivity contribution in [3.63, 3.8) is 0 Å². The summed E-state index contributed by atoms with van der Waals surface area (Å²) in [5.41, 5.74) is 0.254. The number of fused-ring (bicyclic) bond motifs is 1. The van der Waals surface area contributed by atoms with Gasteiger partial charge in [0.05, 0.1) is 16.5 Å². The third kappa shape index (κ3) is 4.17. The average molecular weight is 410 g/mol. The van der Waals surface area contributed by atoms with Crippen LogP contribution in [0.2, 0.25) is 5.02 Å². The summed E-state index contributed by atoms with van der Waals surface area (Å²) in [4.78, 5) is 31.4. The van der Waals surface area contributed by atoms with Crippen LogP contribution in [0.15, 0.2) is 54.7 Å². The van der Waals surface area contributed by atoms with Gasteiger partial charge < -0.3 is 15.3 Å². The van der Waals surface area contributed by atoms with Gasteiger partial charge in [0.1, 0.15) is 11.6 Å². The molecule has 2 N–H and O–H groups in total. The number of nitrogens with zero attached hydrogens (tertiary/aromatic N) is 2. The van der Waals surface area contributed by atoms with Crippen LogP contribution in [0.5, 0.6) is 5.75 Å². The van der Waals surface area contributed by atoms with E-state index in [1.54, 1.807) is 29.2 Å². The number of piperidine rings is 1. The lowest BCUT2D eigenvalue weighted by Crippen LogP contribution is -2.43. The summed E-state index contributed by atoms with van der Waals surface area (Å²) in [5, 5.41) is 15.4. The molecule has 0 spiro atoms. The van der Waals surface area contributed by atoms with E-state index in [-0.39, 0.29) is 29.0 Å². The second-order valence-electron chi connectivity index (χ2n) is 7.16. The number of benzene rings is 2. The fourth-order valence-electron chi connectivity index (χ4n) is 3.62. The molecule has 1 fully saturated rings. The number of hydrogen-bond acceptors (Lipinski definition) is 4. The molecule has 1 unspecified atom stereocenters. The van der Waals surface area contributed by atoms with Crippen LogP contribution in [0.3, 0.4) is 0 Å². The monoisotopic (exact) mass is 409 g/mol. The van der Waals surface area contributed by atoms with Crippen molar-refractivity contribution in [1.82, 2.24) is 9.88 Å². The van der Waals surface area contributed by atoms with Crippen molar-refractivity contribution in [2.24, 2.45) is 5.92 Å². The molecule has 2 amide bonds. The molecule has 0 saturated carbocycles. The molecule has 0 bridgehead atoms. The van der Waals surface area contributed by atoms with Gasteiger partial charge in [-0.3, -0.25) is 9.59 Å². The normalized spacial score (nSPS) is 16.6. The number of halogens is 1. The molecule has 2 heterocycles.